The third-order valence-electron chi connectivity index (χ3n) is 2.86. The Hall–Kier alpha value is -1.88. The summed E-state index contributed by atoms with van der Waals surface area (Å²) in [4.78, 5) is 22.6. The number of anilines is 1. The number of aromatic carboxylic acids is 1. The molecule has 0 aliphatic carbocycles. The number of carboxylic acids is 1. The van der Waals surface area contributed by atoms with Crippen LogP contribution in [0.4, 0.5) is 5.69 Å². The molecule has 0 atom stereocenters. The summed E-state index contributed by atoms with van der Waals surface area (Å²) < 4.78 is 0. The summed E-state index contributed by atoms with van der Waals surface area (Å²) in [6.45, 7) is 2.36. The van der Waals surface area contributed by atoms with Crippen LogP contribution in [0.1, 0.15) is 41.6 Å². The van der Waals surface area contributed by atoms with Gasteiger partial charge in [-0.1, -0.05) is 12.5 Å². The van der Waals surface area contributed by atoms with Gasteiger partial charge in [0, 0.05) is 12.1 Å². The Morgan fingerprint density at radius 1 is 1.26 bits per heavy atom. The fraction of sp³-hybridized carbons (Fsp3) is 0.429. The molecule has 0 radical (unpaired) electrons. The van der Waals surface area contributed by atoms with Gasteiger partial charge in [-0.05, 0) is 44.0 Å². The predicted octanol–water partition coefficient (Wildman–Crippen LogP) is 2.15. The maximum atomic E-state index is 11.7. The van der Waals surface area contributed by atoms with Crippen LogP contribution in [0.15, 0.2) is 18.2 Å². The molecular formula is C14H20N2O3. The van der Waals surface area contributed by atoms with Crippen LogP contribution >= 0.6 is 0 Å². The number of benzene rings is 1. The molecule has 104 valence electrons. The number of hydrogen-bond acceptors (Lipinski definition) is 3. The summed E-state index contributed by atoms with van der Waals surface area (Å²) in [5.41, 5.74) is 6.78. The Kier molecular flexibility index (Phi) is 6.02. The summed E-state index contributed by atoms with van der Waals surface area (Å²) in [6, 6.07) is 4.88. The molecule has 1 amide bonds. The summed E-state index contributed by atoms with van der Waals surface area (Å²) in [6.07, 6.45) is 3.07. The molecule has 0 aliphatic heterocycles. The first-order valence-corrected chi connectivity index (χ1v) is 6.38. The topological polar surface area (TPSA) is 92.4 Å². The predicted molar refractivity (Wildman–Crippen MR) is 74.3 cm³/mol. The second-order valence-corrected chi connectivity index (χ2v) is 4.48. The van der Waals surface area contributed by atoms with Crippen LogP contribution in [0.5, 0.6) is 0 Å². The molecule has 0 saturated carbocycles. The largest absolute Gasteiger partial charge is 0.478 e. The average molecular weight is 264 g/mol. The highest BCUT2D eigenvalue weighted by molar-refractivity contribution is 5.94. The molecule has 1 aromatic rings. The highest BCUT2D eigenvalue weighted by Crippen LogP contribution is 2.16. The van der Waals surface area contributed by atoms with E-state index in [1.54, 1.807) is 19.1 Å². The summed E-state index contributed by atoms with van der Waals surface area (Å²) in [5.74, 6) is -1.09. The van der Waals surface area contributed by atoms with Crippen molar-refractivity contribution >= 4 is 17.6 Å². The summed E-state index contributed by atoms with van der Waals surface area (Å²) in [5, 5.41) is 11.7. The number of nitrogens with two attached hydrogens (primary N) is 1. The monoisotopic (exact) mass is 264 g/mol. The van der Waals surface area contributed by atoms with Gasteiger partial charge < -0.3 is 16.2 Å². The van der Waals surface area contributed by atoms with Crippen molar-refractivity contribution < 1.29 is 14.7 Å². The Bertz CT molecular complexity index is 458. The van der Waals surface area contributed by atoms with Crippen LogP contribution in [0, 0.1) is 6.92 Å². The number of aryl methyl sites for hydroxylation is 1. The molecule has 0 fully saturated rings. The van der Waals surface area contributed by atoms with Gasteiger partial charge in [0.1, 0.15) is 0 Å². The number of unbranched alkanes of at least 4 members (excludes halogenated alkanes) is 2. The lowest BCUT2D eigenvalue weighted by Crippen LogP contribution is -2.12. The maximum Gasteiger partial charge on any atom is 0.336 e. The van der Waals surface area contributed by atoms with Gasteiger partial charge in [-0.25, -0.2) is 4.79 Å². The normalized spacial score (nSPS) is 10.2. The number of rotatable bonds is 7. The fourth-order valence-corrected chi connectivity index (χ4v) is 1.76. The number of carbonyl (C=O) groups excluding carboxylic acids is 1. The van der Waals surface area contributed by atoms with Crippen LogP contribution in [-0.2, 0) is 4.79 Å². The van der Waals surface area contributed by atoms with Gasteiger partial charge in [0.15, 0.2) is 0 Å². The molecule has 5 nitrogen and oxygen atoms in total. The Morgan fingerprint density at radius 3 is 2.63 bits per heavy atom. The van der Waals surface area contributed by atoms with E-state index in [4.69, 9.17) is 10.8 Å². The highest BCUT2D eigenvalue weighted by Gasteiger charge is 2.09. The fourth-order valence-electron chi connectivity index (χ4n) is 1.76. The van der Waals surface area contributed by atoms with Gasteiger partial charge in [-0.3, -0.25) is 4.79 Å². The van der Waals surface area contributed by atoms with Crippen molar-refractivity contribution in [1.82, 2.24) is 0 Å². The van der Waals surface area contributed by atoms with Gasteiger partial charge in [0.05, 0.1) is 5.56 Å². The summed E-state index contributed by atoms with van der Waals surface area (Å²) >= 11 is 0. The van der Waals surface area contributed by atoms with E-state index < -0.39 is 5.97 Å². The van der Waals surface area contributed by atoms with E-state index in [1.165, 1.54) is 6.07 Å². The number of carboxylic acid groups (broad SMARTS) is 1. The van der Waals surface area contributed by atoms with Crippen molar-refractivity contribution in [2.24, 2.45) is 5.73 Å². The smallest absolute Gasteiger partial charge is 0.336 e. The molecule has 5 heteroatoms. The maximum absolute atomic E-state index is 11.7. The second-order valence-electron chi connectivity index (χ2n) is 4.48. The van der Waals surface area contributed by atoms with Gasteiger partial charge in [0.2, 0.25) is 5.91 Å². The molecule has 1 rings (SSSR count). The zero-order chi connectivity index (χ0) is 14.3. The molecule has 0 heterocycles. The molecule has 0 aromatic heterocycles. The number of amides is 1. The minimum Gasteiger partial charge on any atom is -0.478 e. The molecule has 0 saturated heterocycles. The van der Waals surface area contributed by atoms with Gasteiger partial charge in [-0.15, -0.1) is 0 Å². The highest BCUT2D eigenvalue weighted by atomic mass is 16.4. The van der Waals surface area contributed by atoms with Crippen molar-refractivity contribution in [1.29, 1.82) is 0 Å². The molecule has 0 spiro atoms. The van der Waals surface area contributed by atoms with Crippen LogP contribution in [0.3, 0.4) is 0 Å². The van der Waals surface area contributed by atoms with Crippen molar-refractivity contribution in [3.63, 3.8) is 0 Å². The molecule has 0 unspecified atom stereocenters. The number of hydrogen-bond donors (Lipinski definition) is 3. The van der Waals surface area contributed by atoms with E-state index in [9.17, 15) is 9.59 Å². The first-order valence-electron chi connectivity index (χ1n) is 6.38. The zero-order valence-corrected chi connectivity index (χ0v) is 11.1. The SMILES string of the molecule is Cc1ccc(NC(=O)CCCCCN)cc1C(=O)O. The Balaban J connectivity index is 2.55. The van der Waals surface area contributed by atoms with E-state index in [-0.39, 0.29) is 11.5 Å². The van der Waals surface area contributed by atoms with Crippen molar-refractivity contribution in [3.05, 3.63) is 29.3 Å². The van der Waals surface area contributed by atoms with E-state index in [1.807, 2.05) is 0 Å². The van der Waals surface area contributed by atoms with E-state index in [0.717, 1.165) is 19.3 Å². The van der Waals surface area contributed by atoms with Crippen LogP contribution in [0.25, 0.3) is 0 Å². The molecule has 0 bridgehead atoms. The zero-order valence-electron chi connectivity index (χ0n) is 11.1. The van der Waals surface area contributed by atoms with Crippen molar-refractivity contribution in [2.45, 2.75) is 32.6 Å². The molecule has 4 N–H and O–H groups in total. The van der Waals surface area contributed by atoms with Gasteiger partial charge >= 0.3 is 5.97 Å². The van der Waals surface area contributed by atoms with Crippen molar-refractivity contribution in [2.75, 3.05) is 11.9 Å². The summed E-state index contributed by atoms with van der Waals surface area (Å²) in [7, 11) is 0. The lowest BCUT2D eigenvalue weighted by Gasteiger charge is -2.07. The quantitative estimate of drug-likeness (QED) is 0.658. The number of nitrogens with one attached hydrogen (secondary N) is 1. The third-order valence-corrected chi connectivity index (χ3v) is 2.86. The van der Waals surface area contributed by atoms with Crippen molar-refractivity contribution in [3.8, 4) is 0 Å². The molecule has 19 heavy (non-hydrogen) atoms. The van der Waals surface area contributed by atoms with E-state index >= 15 is 0 Å². The van der Waals surface area contributed by atoms with Gasteiger partial charge in [0.25, 0.3) is 0 Å². The Morgan fingerprint density at radius 2 is 2.00 bits per heavy atom. The van der Waals surface area contributed by atoms with Gasteiger partial charge in [-0.2, -0.15) is 0 Å². The Labute approximate surface area is 112 Å². The minimum atomic E-state index is -0.989. The lowest BCUT2D eigenvalue weighted by molar-refractivity contribution is -0.116. The lowest BCUT2D eigenvalue weighted by atomic mass is 10.1. The standard InChI is InChI=1S/C14H20N2O3/c1-10-6-7-11(9-12(10)14(18)19)16-13(17)5-3-2-4-8-15/h6-7,9H,2-5,8,15H2,1H3,(H,16,17)(H,18,19). The van der Waals surface area contributed by atoms with Crippen LogP contribution in [0.2, 0.25) is 0 Å². The minimum absolute atomic E-state index is 0.0998. The van der Waals surface area contributed by atoms with E-state index in [0.29, 0.717) is 24.2 Å². The first kappa shape index (κ1) is 15.2. The molecule has 0 aliphatic rings. The second kappa shape index (κ2) is 7.53. The third kappa shape index (κ3) is 5.09. The van der Waals surface area contributed by atoms with Crippen LogP contribution < -0.4 is 11.1 Å². The van der Waals surface area contributed by atoms with Crippen LogP contribution in [-0.4, -0.2) is 23.5 Å². The van der Waals surface area contributed by atoms with E-state index in [2.05, 4.69) is 5.32 Å². The molecule has 1 aromatic carbocycles. The number of carbonyl (C=O) groups is 2. The average Bonchev–Trinajstić information content (AvgIpc) is 2.36. The first-order chi connectivity index (χ1) is 9.04. The molecular weight excluding hydrogens is 244 g/mol.